The number of carbonyl (C=O) groups excluding carboxylic acids is 2. The van der Waals surface area contributed by atoms with E-state index < -0.39 is 0 Å². The van der Waals surface area contributed by atoms with Gasteiger partial charge in [-0.15, -0.1) is 0 Å². The molecule has 0 spiro atoms. The number of quaternary nitrogens is 1. The molecule has 8 nitrogen and oxygen atoms in total. The van der Waals surface area contributed by atoms with Crippen LogP contribution < -0.4 is 10.2 Å². The number of ether oxygens (including phenoxy) is 1. The fourth-order valence-corrected chi connectivity index (χ4v) is 3.11. The molecule has 1 aliphatic heterocycles. The zero-order chi connectivity index (χ0) is 20.2. The van der Waals surface area contributed by atoms with Gasteiger partial charge in [-0.1, -0.05) is 19.8 Å². The minimum absolute atomic E-state index is 0.0115. The largest absolute Gasteiger partial charge is 0.370 e. The van der Waals surface area contributed by atoms with E-state index in [1.54, 1.807) is 11.1 Å². The molecule has 8 heteroatoms. The Kier molecular flexibility index (Phi) is 9.85. The highest BCUT2D eigenvalue weighted by Gasteiger charge is 2.21. The highest BCUT2D eigenvalue weighted by Crippen LogP contribution is 2.03. The highest BCUT2D eigenvalue weighted by atomic mass is 16.5. The minimum Gasteiger partial charge on any atom is -0.370 e. The number of nitrogens with one attached hydrogen (secondary N) is 2. The van der Waals surface area contributed by atoms with Gasteiger partial charge in [-0.05, 0) is 13.3 Å². The van der Waals surface area contributed by atoms with Gasteiger partial charge in [0, 0.05) is 25.7 Å². The summed E-state index contributed by atoms with van der Waals surface area (Å²) in [5, 5.41) is 2.94. The number of carbonyl (C=O) groups is 2. The van der Waals surface area contributed by atoms with Crippen molar-refractivity contribution in [2.24, 2.45) is 0 Å². The first-order valence-corrected chi connectivity index (χ1v) is 10.4. The van der Waals surface area contributed by atoms with Gasteiger partial charge in [0.2, 0.25) is 5.91 Å². The lowest BCUT2D eigenvalue weighted by Crippen LogP contribution is -3.14. The van der Waals surface area contributed by atoms with Crippen LogP contribution in [-0.2, 0) is 9.53 Å². The van der Waals surface area contributed by atoms with Crippen molar-refractivity contribution in [2.45, 2.75) is 39.5 Å². The van der Waals surface area contributed by atoms with Crippen LogP contribution in [0.5, 0.6) is 0 Å². The van der Waals surface area contributed by atoms with Crippen molar-refractivity contribution in [2.75, 3.05) is 52.5 Å². The summed E-state index contributed by atoms with van der Waals surface area (Å²) >= 11 is 0. The Morgan fingerprint density at radius 1 is 1.18 bits per heavy atom. The molecule has 0 bridgehead atoms. The normalized spacial score (nSPS) is 14.6. The Morgan fingerprint density at radius 3 is 2.64 bits per heavy atom. The van der Waals surface area contributed by atoms with Gasteiger partial charge in [0.05, 0.1) is 38.2 Å². The number of morpholine rings is 1. The molecule has 156 valence electrons. The standard InChI is InChI=1S/C20H33N5O3/c1-3-4-5-7-21-19(26)6-8-25(10-9-24-11-13-28-14-12-24)20(27)18-16-22-17(2)15-23-18/h15-16H,3-14H2,1-2H3,(H,21,26)/p+1. The number of rotatable bonds is 11. The van der Waals surface area contributed by atoms with Gasteiger partial charge in [-0.2, -0.15) is 0 Å². The fourth-order valence-electron chi connectivity index (χ4n) is 3.11. The molecule has 1 fully saturated rings. The van der Waals surface area contributed by atoms with Gasteiger partial charge >= 0.3 is 0 Å². The first-order chi connectivity index (χ1) is 13.6. The smallest absolute Gasteiger partial charge is 0.274 e. The fraction of sp³-hybridized carbons (Fsp3) is 0.700. The zero-order valence-corrected chi connectivity index (χ0v) is 17.2. The van der Waals surface area contributed by atoms with Crippen LogP contribution in [-0.4, -0.2) is 79.2 Å². The van der Waals surface area contributed by atoms with Gasteiger partial charge in [-0.3, -0.25) is 14.6 Å². The first kappa shape index (κ1) is 22.2. The molecule has 2 amide bonds. The summed E-state index contributed by atoms with van der Waals surface area (Å²) in [6.07, 6.45) is 6.63. The molecule has 0 unspecified atom stereocenters. The van der Waals surface area contributed by atoms with Crippen molar-refractivity contribution in [3.8, 4) is 0 Å². The predicted octanol–water partition coefficient (Wildman–Crippen LogP) is -0.161. The molecule has 0 aliphatic carbocycles. The SMILES string of the molecule is CCCCCNC(=O)CCN(CC[NH+]1CCOCC1)C(=O)c1cnc(C)cn1. The van der Waals surface area contributed by atoms with E-state index >= 15 is 0 Å². The summed E-state index contributed by atoms with van der Waals surface area (Å²) in [4.78, 5) is 36.6. The van der Waals surface area contributed by atoms with E-state index in [4.69, 9.17) is 4.74 Å². The quantitative estimate of drug-likeness (QED) is 0.511. The maximum absolute atomic E-state index is 12.9. The topological polar surface area (TPSA) is 88.9 Å². The number of aromatic nitrogens is 2. The number of hydrogen-bond acceptors (Lipinski definition) is 5. The Bertz CT molecular complexity index is 602. The summed E-state index contributed by atoms with van der Waals surface area (Å²) in [6, 6.07) is 0. The number of hydrogen-bond donors (Lipinski definition) is 2. The molecule has 1 aromatic heterocycles. The summed E-state index contributed by atoms with van der Waals surface area (Å²) in [5.41, 5.74) is 1.10. The Morgan fingerprint density at radius 2 is 1.96 bits per heavy atom. The van der Waals surface area contributed by atoms with E-state index in [1.165, 1.54) is 11.1 Å². The van der Waals surface area contributed by atoms with Crippen LogP contribution in [0.15, 0.2) is 12.4 Å². The Balaban J connectivity index is 1.89. The van der Waals surface area contributed by atoms with Crippen LogP contribution in [0.1, 0.15) is 48.8 Å². The summed E-state index contributed by atoms with van der Waals surface area (Å²) in [7, 11) is 0. The average molecular weight is 393 g/mol. The molecular formula is C20H34N5O3+. The number of nitrogens with zero attached hydrogens (tertiary/aromatic N) is 3. The molecule has 0 radical (unpaired) electrons. The molecule has 0 saturated carbocycles. The highest BCUT2D eigenvalue weighted by molar-refractivity contribution is 5.92. The lowest BCUT2D eigenvalue weighted by molar-refractivity contribution is -0.907. The van der Waals surface area contributed by atoms with Crippen molar-refractivity contribution in [1.82, 2.24) is 20.2 Å². The average Bonchev–Trinajstić information content (AvgIpc) is 2.72. The van der Waals surface area contributed by atoms with Crippen LogP contribution in [0.2, 0.25) is 0 Å². The van der Waals surface area contributed by atoms with E-state index in [9.17, 15) is 9.59 Å². The van der Waals surface area contributed by atoms with Crippen molar-refractivity contribution in [3.05, 3.63) is 23.8 Å². The third-order valence-electron chi connectivity index (χ3n) is 4.93. The summed E-state index contributed by atoms with van der Waals surface area (Å²) in [6.45, 7) is 9.90. The third-order valence-corrected chi connectivity index (χ3v) is 4.93. The second kappa shape index (κ2) is 12.4. The van der Waals surface area contributed by atoms with E-state index in [-0.39, 0.29) is 11.8 Å². The lowest BCUT2D eigenvalue weighted by atomic mass is 10.2. The molecule has 2 heterocycles. The van der Waals surface area contributed by atoms with Gasteiger partial charge in [0.1, 0.15) is 18.8 Å². The Hall–Kier alpha value is -2.06. The number of aryl methyl sites for hydroxylation is 1. The molecule has 1 aromatic rings. The van der Waals surface area contributed by atoms with Crippen molar-refractivity contribution in [3.63, 3.8) is 0 Å². The van der Waals surface area contributed by atoms with Crippen LogP contribution in [0.25, 0.3) is 0 Å². The van der Waals surface area contributed by atoms with E-state index in [1.807, 2.05) is 6.92 Å². The predicted molar refractivity (Wildman–Crippen MR) is 106 cm³/mol. The molecular weight excluding hydrogens is 358 g/mol. The van der Waals surface area contributed by atoms with Crippen LogP contribution in [0.3, 0.4) is 0 Å². The van der Waals surface area contributed by atoms with Crippen molar-refractivity contribution >= 4 is 11.8 Å². The van der Waals surface area contributed by atoms with E-state index in [2.05, 4.69) is 22.2 Å². The van der Waals surface area contributed by atoms with Gasteiger partial charge in [0.25, 0.3) is 5.91 Å². The molecule has 0 atom stereocenters. The minimum atomic E-state index is -0.168. The maximum atomic E-state index is 12.9. The lowest BCUT2D eigenvalue weighted by Gasteiger charge is -2.27. The first-order valence-electron chi connectivity index (χ1n) is 10.4. The van der Waals surface area contributed by atoms with Crippen LogP contribution in [0, 0.1) is 6.92 Å². The Labute approximate surface area is 167 Å². The monoisotopic (exact) mass is 392 g/mol. The van der Waals surface area contributed by atoms with E-state index in [0.717, 1.165) is 57.8 Å². The number of unbranched alkanes of at least 4 members (excludes halogenated alkanes) is 2. The van der Waals surface area contributed by atoms with Crippen molar-refractivity contribution < 1.29 is 19.2 Å². The van der Waals surface area contributed by atoms with Gasteiger partial charge in [0.15, 0.2) is 0 Å². The zero-order valence-electron chi connectivity index (χ0n) is 17.2. The maximum Gasteiger partial charge on any atom is 0.274 e. The molecule has 1 saturated heterocycles. The van der Waals surface area contributed by atoms with Gasteiger partial charge < -0.3 is 19.9 Å². The second-order valence-electron chi connectivity index (χ2n) is 7.25. The summed E-state index contributed by atoms with van der Waals surface area (Å²) < 4.78 is 5.40. The van der Waals surface area contributed by atoms with Gasteiger partial charge in [-0.25, -0.2) is 4.98 Å². The third kappa shape index (κ3) is 7.90. The molecule has 28 heavy (non-hydrogen) atoms. The number of amides is 2. The van der Waals surface area contributed by atoms with Crippen molar-refractivity contribution in [1.29, 1.82) is 0 Å². The molecule has 2 N–H and O–H groups in total. The van der Waals surface area contributed by atoms with E-state index in [0.29, 0.717) is 31.7 Å². The molecule has 2 rings (SSSR count). The molecule has 1 aliphatic rings. The van der Waals surface area contributed by atoms with Crippen LogP contribution in [0.4, 0.5) is 0 Å². The second-order valence-corrected chi connectivity index (χ2v) is 7.25. The molecule has 0 aromatic carbocycles. The van der Waals surface area contributed by atoms with Crippen LogP contribution >= 0.6 is 0 Å². The summed E-state index contributed by atoms with van der Waals surface area (Å²) in [5.74, 6) is -0.179.